The van der Waals surface area contributed by atoms with Crippen LogP contribution in [0.3, 0.4) is 0 Å². The Morgan fingerprint density at radius 3 is 2.63 bits per heavy atom. The molecule has 1 saturated heterocycles. The lowest BCUT2D eigenvalue weighted by atomic mass is 10.2. The van der Waals surface area contributed by atoms with Gasteiger partial charge in [-0.15, -0.1) is 12.4 Å². The number of hydrogen-bond acceptors (Lipinski definition) is 4. The Bertz CT molecular complexity index is 834. The summed E-state index contributed by atoms with van der Waals surface area (Å²) in [7, 11) is 1.57. The molecule has 30 heavy (non-hydrogen) atoms. The van der Waals surface area contributed by atoms with Gasteiger partial charge in [-0.1, -0.05) is 23.7 Å². The van der Waals surface area contributed by atoms with E-state index in [1.807, 2.05) is 17.0 Å². The number of rotatable bonds is 10. The van der Waals surface area contributed by atoms with Crippen molar-refractivity contribution in [1.29, 1.82) is 0 Å². The van der Waals surface area contributed by atoms with E-state index in [0.717, 1.165) is 43.6 Å². The van der Waals surface area contributed by atoms with Crippen molar-refractivity contribution in [3.8, 4) is 11.5 Å². The fourth-order valence-corrected chi connectivity index (χ4v) is 3.61. The van der Waals surface area contributed by atoms with E-state index in [9.17, 15) is 9.18 Å². The molecule has 2 aromatic rings. The van der Waals surface area contributed by atoms with E-state index < -0.39 is 0 Å². The molecule has 0 aromatic heterocycles. The van der Waals surface area contributed by atoms with Crippen molar-refractivity contribution in [3.63, 3.8) is 0 Å². The molecular formula is C22H27Cl2FN2O3. The molecule has 1 N–H and O–H groups in total. The van der Waals surface area contributed by atoms with Gasteiger partial charge < -0.3 is 19.7 Å². The average Bonchev–Trinajstić information content (AvgIpc) is 3.12. The lowest BCUT2D eigenvalue weighted by Gasteiger charge is -2.16. The second-order valence-corrected chi connectivity index (χ2v) is 7.45. The molecule has 0 bridgehead atoms. The summed E-state index contributed by atoms with van der Waals surface area (Å²) in [6.45, 7) is 3.40. The van der Waals surface area contributed by atoms with Gasteiger partial charge >= 0.3 is 0 Å². The first-order valence-electron chi connectivity index (χ1n) is 9.79. The Morgan fingerprint density at radius 2 is 1.97 bits per heavy atom. The molecule has 1 aliphatic rings. The van der Waals surface area contributed by atoms with Gasteiger partial charge in [0.1, 0.15) is 12.4 Å². The van der Waals surface area contributed by atoms with Crippen molar-refractivity contribution in [2.75, 3.05) is 26.7 Å². The second-order valence-electron chi connectivity index (χ2n) is 7.04. The van der Waals surface area contributed by atoms with Gasteiger partial charge in [-0.25, -0.2) is 4.39 Å². The fourth-order valence-electron chi connectivity index (χ4n) is 3.32. The summed E-state index contributed by atoms with van der Waals surface area (Å²) in [6, 6.07) is 9.87. The highest BCUT2D eigenvalue weighted by molar-refractivity contribution is 6.32. The highest BCUT2D eigenvalue weighted by Gasteiger charge is 2.19. The minimum Gasteiger partial charge on any atom is -0.493 e. The molecule has 0 radical (unpaired) electrons. The maximum Gasteiger partial charge on any atom is 0.222 e. The molecule has 0 saturated carbocycles. The molecule has 8 heteroatoms. The van der Waals surface area contributed by atoms with Gasteiger partial charge in [-0.3, -0.25) is 4.79 Å². The molecule has 5 nitrogen and oxygen atoms in total. The Labute approximate surface area is 187 Å². The van der Waals surface area contributed by atoms with Crippen molar-refractivity contribution in [2.24, 2.45) is 0 Å². The summed E-state index contributed by atoms with van der Waals surface area (Å²) >= 11 is 6.41. The number of likely N-dealkylation sites (tertiary alicyclic amines) is 1. The Morgan fingerprint density at radius 1 is 1.20 bits per heavy atom. The van der Waals surface area contributed by atoms with Gasteiger partial charge in [0.15, 0.2) is 11.5 Å². The maximum atomic E-state index is 13.0. The minimum absolute atomic E-state index is 0. The normalized spacial score (nSPS) is 13.3. The molecular weight excluding hydrogens is 430 g/mol. The number of amides is 1. The van der Waals surface area contributed by atoms with Crippen molar-refractivity contribution < 1.29 is 18.7 Å². The van der Waals surface area contributed by atoms with E-state index in [1.54, 1.807) is 19.2 Å². The van der Waals surface area contributed by atoms with Gasteiger partial charge in [-0.2, -0.15) is 0 Å². The summed E-state index contributed by atoms with van der Waals surface area (Å²) in [5, 5.41) is 3.84. The standard InChI is InChI=1S/C22H26ClFN2O3.ClH/c1-28-20-13-17(14-25-9-3-11-26-10-2-4-21(26)27)12-19(23)22(20)29-15-16-5-7-18(24)8-6-16;/h5-8,12-13,25H,2-4,9-11,14-15H2,1H3;1H. The van der Waals surface area contributed by atoms with Gasteiger partial charge in [0.2, 0.25) is 5.91 Å². The third-order valence-corrected chi connectivity index (χ3v) is 5.15. The average molecular weight is 457 g/mol. The quantitative estimate of drug-likeness (QED) is 0.531. The van der Waals surface area contributed by atoms with Gasteiger partial charge in [0.25, 0.3) is 0 Å². The molecule has 1 heterocycles. The number of ether oxygens (including phenoxy) is 2. The largest absolute Gasteiger partial charge is 0.493 e. The monoisotopic (exact) mass is 456 g/mol. The van der Waals surface area contributed by atoms with E-state index >= 15 is 0 Å². The third kappa shape index (κ3) is 6.76. The lowest BCUT2D eigenvalue weighted by Crippen LogP contribution is -2.28. The van der Waals surface area contributed by atoms with Crippen LogP contribution in [0.5, 0.6) is 11.5 Å². The van der Waals surface area contributed by atoms with Crippen molar-refractivity contribution >= 4 is 29.9 Å². The SMILES string of the molecule is COc1cc(CNCCCN2CCCC2=O)cc(Cl)c1OCc1ccc(F)cc1.Cl. The Hall–Kier alpha value is -2.02. The highest BCUT2D eigenvalue weighted by Crippen LogP contribution is 2.37. The zero-order valence-electron chi connectivity index (χ0n) is 17.0. The van der Waals surface area contributed by atoms with Crippen LogP contribution in [0, 0.1) is 5.82 Å². The molecule has 0 unspecified atom stereocenters. The topological polar surface area (TPSA) is 50.8 Å². The minimum atomic E-state index is -0.284. The van der Waals surface area contributed by atoms with E-state index in [-0.39, 0.29) is 30.7 Å². The van der Waals surface area contributed by atoms with Crippen LogP contribution in [0.1, 0.15) is 30.4 Å². The number of hydrogen-bond donors (Lipinski definition) is 1. The van der Waals surface area contributed by atoms with Crippen LogP contribution < -0.4 is 14.8 Å². The molecule has 1 aliphatic heterocycles. The molecule has 1 fully saturated rings. The summed E-state index contributed by atoms with van der Waals surface area (Å²) in [4.78, 5) is 13.5. The predicted molar refractivity (Wildman–Crippen MR) is 118 cm³/mol. The number of nitrogens with zero attached hydrogens (tertiary/aromatic N) is 1. The number of carbonyl (C=O) groups excluding carboxylic acids is 1. The van der Waals surface area contributed by atoms with Crippen LogP contribution in [0.15, 0.2) is 36.4 Å². The molecule has 0 spiro atoms. The lowest BCUT2D eigenvalue weighted by molar-refractivity contribution is -0.127. The van der Waals surface area contributed by atoms with Gasteiger partial charge in [-0.05, 0) is 54.8 Å². The summed E-state index contributed by atoms with van der Waals surface area (Å²) in [5.41, 5.74) is 1.82. The van der Waals surface area contributed by atoms with Crippen LogP contribution in [0.4, 0.5) is 4.39 Å². The fraction of sp³-hybridized carbons (Fsp3) is 0.409. The van der Waals surface area contributed by atoms with Crippen molar-refractivity contribution in [3.05, 3.63) is 58.4 Å². The Balaban J connectivity index is 0.00000320. The molecule has 0 atom stereocenters. The van der Waals surface area contributed by atoms with Crippen LogP contribution >= 0.6 is 24.0 Å². The molecule has 1 amide bonds. The second kappa shape index (κ2) is 12.0. The zero-order valence-corrected chi connectivity index (χ0v) is 18.5. The summed E-state index contributed by atoms with van der Waals surface area (Å²) < 4.78 is 24.3. The molecule has 3 rings (SSSR count). The molecule has 0 aliphatic carbocycles. The smallest absolute Gasteiger partial charge is 0.222 e. The molecule has 164 valence electrons. The van der Waals surface area contributed by atoms with E-state index in [0.29, 0.717) is 29.5 Å². The number of halogens is 3. The number of methoxy groups -OCH3 is 1. The summed E-state index contributed by atoms with van der Waals surface area (Å²) in [6.07, 6.45) is 2.57. The highest BCUT2D eigenvalue weighted by atomic mass is 35.5. The van der Waals surface area contributed by atoms with Gasteiger partial charge in [0, 0.05) is 26.1 Å². The van der Waals surface area contributed by atoms with Crippen LogP contribution in [-0.2, 0) is 17.9 Å². The van der Waals surface area contributed by atoms with Gasteiger partial charge in [0.05, 0.1) is 12.1 Å². The maximum absolute atomic E-state index is 13.0. The van der Waals surface area contributed by atoms with E-state index in [4.69, 9.17) is 21.1 Å². The number of carbonyl (C=O) groups is 1. The van der Waals surface area contributed by atoms with Crippen LogP contribution in [0.2, 0.25) is 5.02 Å². The number of benzene rings is 2. The summed E-state index contributed by atoms with van der Waals surface area (Å²) in [5.74, 6) is 1.000. The first-order chi connectivity index (χ1) is 14.1. The Kier molecular flexibility index (Phi) is 9.69. The van der Waals surface area contributed by atoms with Crippen molar-refractivity contribution in [2.45, 2.75) is 32.4 Å². The third-order valence-electron chi connectivity index (χ3n) is 4.87. The van der Waals surface area contributed by atoms with E-state index in [1.165, 1.54) is 12.1 Å². The first kappa shape index (κ1) is 24.3. The zero-order chi connectivity index (χ0) is 20.6. The van der Waals surface area contributed by atoms with E-state index in [2.05, 4.69) is 5.32 Å². The van der Waals surface area contributed by atoms with Crippen LogP contribution in [0.25, 0.3) is 0 Å². The molecule has 2 aromatic carbocycles. The van der Waals surface area contributed by atoms with Crippen molar-refractivity contribution in [1.82, 2.24) is 10.2 Å². The van der Waals surface area contributed by atoms with Crippen LogP contribution in [-0.4, -0.2) is 37.6 Å². The predicted octanol–water partition coefficient (Wildman–Crippen LogP) is 4.59. The first-order valence-corrected chi connectivity index (χ1v) is 10.2. The number of nitrogens with one attached hydrogen (secondary N) is 1.